The van der Waals surface area contributed by atoms with Crippen LogP contribution in [0, 0.1) is 23.3 Å². The van der Waals surface area contributed by atoms with Gasteiger partial charge in [0.15, 0.2) is 11.6 Å². The summed E-state index contributed by atoms with van der Waals surface area (Å²) in [6.45, 7) is 1.96. The van der Waals surface area contributed by atoms with E-state index in [4.69, 9.17) is 4.74 Å². The summed E-state index contributed by atoms with van der Waals surface area (Å²) in [6.07, 6.45) is 3.47. The minimum atomic E-state index is -1.15. The van der Waals surface area contributed by atoms with E-state index in [2.05, 4.69) is 0 Å². The van der Waals surface area contributed by atoms with Crippen molar-refractivity contribution in [3.8, 4) is 16.9 Å². The molecule has 1 aliphatic carbocycles. The highest BCUT2D eigenvalue weighted by Gasteiger charge is 2.22. The molecule has 154 valence electrons. The molecule has 0 aliphatic heterocycles. The Balaban J connectivity index is 1.70. The molecular weight excluding hydrogens is 392 g/mol. The molecule has 1 aliphatic rings. The molecule has 0 atom stereocenters. The Morgan fingerprint density at radius 1 is 0.800 bits per heavy atom. The first-order valence-electron chi connectivity index (χ1n) is 9.74. The van der Waals surface area contributed by atoms with Gasteiger partial charge in [0.05, 0.1) is 7.11 Å². The molecule has 0 bridgehead atoms. The van der Waals surface area contributed by atoms with E-state index in [1.807, 2.05) is 19.1 Å². The van der Waals surface area contributed by atoms with Gasteiger partial charge in [0.2, 0.25) is 5.82 Å². The summed E-state index contributed by atoms with van der Waals surface area (Å²) in [5.74, 6) is -3.49. The molecule has 0 amide bonds. The first-order valence-corrected chi connectivity index (χ1v) is 9.74. The van der Waals surface area contributed by atoms with Crippen LogP contribution in [-0.2, 0) is 19.3 Å². The molecule has 30 heavy (non-hydrogen) atoms. The molecule has 3 aromatic carbocycles. The lowest BCUT2D eigenvalue weighted by Gasteiger charge is -2.20. The fraction of sp³-hybridized carbons (Fsp3) is 0.200. The van der Waals surface area contributed by atoms with Crippen molar-refractivity contribution in [3.05, 3.63) is 94.1 Å². The van der Waals surface area contributed by atoms with Gasteiger partial charge in [0.1, 0.15) is 11.6 Å². The lowest BCUT2D eigenvalue weighted by Crippen LogP contribution is -2.06. The summed E-state index contributed by atoms with van der Waals surface area (Å²) in [5.41, 5.74) is 3.55. The van der Waals surface area contributed by atoms with Crippen molar-refractivity contribution in [3.63, 3.8) is 0 Å². The molecule has 0 fully saturated rings. The number of hydrogen-bond donors (Lipinski definition) is 0. The van der Waals surface area contributed by atoms with E-state index in [0.29, 0.717) is 24.0 Å². The van der Waals surface area contributed by atoms with E-state index in [1.54, 1.807) is 12.1 Å². The van der Waals surface area contributed by atoms with Gasteiger partial charge in [0, 0.05) is 16.7 Å². The van der Waals surface area contributed by atoms with Gasteiger partial charge in [-0.15, -0.1) is 0 Å². The molecule has 3 aromatic rings. The SMILES string of the molecule is CCc1ccc(C2=CCc3cc(-c4ccc(OC)c(F)c4F)c(F)cc3C2)c(F)c1. The van der Waals surface area contributed by atoms with Crippen molar-refractivity contribution in [2.45, 2.75) is 26.2 Å². The third-order valence-electron chi connectivity index (χ3n) is 5.58. The Hall–Kier alpha value is -3.08. The highest BCUT2D eigenvalue weighted by atomic mass is 19.2. The minimum Gasteiger partial charge on any atom is -0.494 e. The average molecular weight is 412 g/mol. The average Bonchev–Trinajstić information content (AvgIpc) is 2.75. The van der Waals surface area contributed by atoms with Gasteiger partial charge in [-0.3, -0.25) is 0 Å². The fourth-order valence-electron chi connectivity index (χ4n) is 3.87. The van der Waals surface area contributed by atoms with Crippen molar-refractivity contribution in [1.29, 1.82) is 0 Å². The monoisotopic (exact) mass is 412 g/mol. The van der Waals surface area contributed by atoms with Crippen LogP contribution in [0.5, 0.6) is 5.75 Å². The third kappa shape index (κ3) is 3.49. The number of ether oxygens (including phenoxy) is 1. The van der Waals surface area contributed by atoms with E-state index in [1.165, 1.54) is 31.4 Å². The molecule has 0 unspecified atom stereocenters. The Labute approximate surface area is 172 Å². The quantitative estimate of drug-likeness (QED) is 0.435. The van der Waals surface area contributed by atoms with Gasteiger partial charge < -0.3 is 4.74 Å². The van der Waals surface area contributed by atoms with Crippen LogP contribution in [0.25, 0.3) is 16.7 Å². The minimum absolute atomic E-state index is 0.0110. The molecule has 0 saturated carbocycles. The molecule has 0 heterocycles. The van der Waals surface area contributed by atoms with Crippen LogP contribution in [0.4, 0.5) is 17.6 Å². The topological polar surface area (TPSA) is 9.23 Å². The molecule has 0 aromatic heterocycles. The summed E-state index contributed by atoms with van der Waals surface area (Å²) in [7, 11) is 1.24. The molecule has 0 N–H and O–H groups in total. The van der Waals surface area contributed by atoms with Crippen molar-refractivity contribution in [2.24, 2.45) is 0 Å². The predicted octanol–water partition coefficient (Wildman–Crippen LogP) is 6.66. The lowest BCUT2D eigenvalue weighted by atomic mass is 9.85. The molecule has 0 spiro atoms. The zero-order valence-corrected chi connectivity index (χ0v) is 16.7. The van der Waals surface area contributed by atoms with Gasteiger partial charge in [0.25, 0.3) is 0 Å². The standard InChI is InChI=1S/C25H20F4O/c1-3-14-4-7-18(21(26)10-14)16-6-5-15-12-20(22(27)13-17(15)11-16)19-8-9-23(30-2)25(29)24(19)28/h4,6-10,12-13H,3,5,11H2,1-2H3. The fourth-order valence-corrected chi connectivity index (χ4v) is 3.87. The Kier molecular flexibility index (Phi) is 5.37. The second-order valence-corrected chi connectivity index (χ2v) is 7.32. The largest absolute Gasteiger partial charge is 0.494 e. The zero-order chi connectivity index (χ0) is 21.4. The number of hydrogen-bond acceptors (Lipinski definition) is 1. The number of fused-ring (bicyclic) bond motifs is 1. The van der Waals surface area contributed by atoms with Crippen LogP contribution in [0.1, 0.15) is 29.2 Å². The van der Waals surface area contributed by atoms with Gasteiger partial charge in [-0.2, -0.15) is 4.39 Å². The third-order valence-corrected chi connectivity index (χ3v) is 5.58. The van der Waals surface area contributed by atoms with Gasteiger partial charge in [-0.25, -0.2) is 13.2 Å². The predicted molar refractivity (Wildman–Crippen MR) is 109 cm³/mol. The van der Waals surface area contributed by atoms with Crippen LogP contribution in [0.15, 0.2) is 48.5 Å². The molecule has 4 rings (SSSR count). The van der Waals surface area contributed by atoms with Gasteiger partial charge in [-0.1, -0.05) is 25.1 Å². The van der Waals surface area contributed by atoms with Crippen molar-refractivity contribution < 1.29 is 22.3 Å². The van der Waals surface area contributed by atoms with Crippen molar-refractivity contribution >= 4 is 5.57 Å². The molecule has 0 radical (unpaired) electrons. The maximum absolute atomic E-state index is 14.9. The van der Waals surface area contributed by atoms with Crippen molar-refractivity contribution in [1.82, 2.24) is 0 Å². The van der Waals surface area contributed by atoms with E-state index >= 15 is 0 Å². The number of allylic oxidation sites excluding steroid dienone is 2. The lowest BCUT2D eigenvalue weighted by molar-refractivity contribution is 0.372. The van der Waals surface area contributed by atoms with E-state index in [0.717, 1.165) is 23.1 Å². The maximum Gasteiger partial charge on any atom is 0.201 e. The van der Waals surface area contributed by atoms with Gasteiger partial charge >= 0.3 is 0 Å². The smallest absolute Gasteiger partial charge is 0.201 e. The van der Waals surface area contributed by atoms with Gasteiger partial charge in [-0.05, 0) is 71.9 Å². The molecule has 1 nitrogen and oxygen atoms in total. The van der Waals surface area contributed by atoms with Crippen LogP contribution in [-0.4, -0.2) is 7.11 Å². The highest BCUT2D eigenvalue weighted by Crippen LogP contribution is 2.36. The molecule has 0 saturated heterocycles. The number of rotatable bonds is 4. The van der Waals surface area contributed by atoms with Crippen LogP contribution < -0.4 is 4.74 Å². The highest BCUT2D eigenvalue weighted by molar-refractivity contribution is 5.74. The van der Waals surface area contributed by atoms with Crippen LogP contribution >= 0.6 is 0 Å². The Morgan fingerprint density at radius 2 is 1.53 bits per heavy atom. The first-order chi connectivity index (χ1) is 14.4. The molecule has 5 heteroatoms. The van der Waals surface area contributed by atoms with Crippen molar-refractivity contribution in [2.75, 3.05) is 7.11 Å². The summed E-state index contributed by atoms with van der Waals surface area (Å²) in [4.78, 5) is 0. The summed E-state index contributed by atoms with van der Waals surface area (Å²) in [6, 6.07) is 10.6. The maximum atomic E-state index is 14.9. The summed E-state index contributed by atoms with van der Waals surface area (Å²) in [5, 5.41) is 0. The Morgan fingerprint density at radius 3 is 2.23 bits per heavy atom. The molecular formula is C25H20F4O. The number of methoxy groups -OCH3 is 1. The Bertz CT molecular complexity index is 1160. The van der Waals surface area contributed by atoms with E-state index < -0.39 is 17.5 Å². The number of aryl methyl sites for hydroxylation is 1. The summed E-state index contributed by atoms with van der Waals surface area (Å²) < 4.78 is 62.7. The zero-order valence-electron chi connectivity index (χ0n) is 16.7. The number of benzene rings is 3. The van der Waals surface area contributed by atoms with Crippen LogP contribution in [0.2, 0.25) is 0 Å². The number of halogens is 4. The van der Waals surface area contributed by atoms with E-state index in [9.17, 15) is 17.6 Å². The second kappa shape index (κ2) is 7.98. The van der Waals surface area contributed by atoms with E-state index in [-0.39, 0.29) is 22.7 Å². The summed E-state index contributed by atoms with van der Waals surface area (Å²) >= 11 is 0. The van der Waals surface area contributed by atoms with Crippen LogP contribution in [0.3, 0.4) is 0 Å². The first kappa shape index (κ1) is 20.2. The normalized spacial score (nSPS) is 13.1. The second-order valence-electron chi connectivity index (χ2n) is 7.32.